The minimum Gasteiger partial charge on any atom is -0.478 e. The highest BCUT2D eigenvalue weighted by molar-refractivity contribution is 6.42. The molecule has 82 valence electrons. The number of halogens is 2. The van der Waals surface area contributed by atoms with Crippen molar-refractivity contribution in [3.05, 3.63) is 46.2 Å². The Morgan fingerprint density at radius 1 is 1.31 bits per heavy atom. The highest BCUT2D eigenvalue weighted by Crippen LogP contribution is 2.24. The number of hydrogen-bond donors (Lipinski definition) is 1. The van der Waals surface area contributed by atoms with E-state index < -0.39 is 5.97 Å². The van der Waals surface area contributed by atoms with Crippen molar-refractivity contribution in [1.82, 2.24) is 9.78 Å². The van der Waals surface area contributed by atoms with Gasteiger partial charge in [0.25, 0.3) is 0 Å². The predicted octanol–water partition coefficient (Wildman–Crippen LogP) is 2.88. The van der Waals surface area contributed by atoms with Crippen LogP contribution in [0.15, 0.2) is 30.6 Å². The molecule has 1 N–H and O–H groups in total. The van der Waals surface area contributed by atoms with E-state index in [2.05, 4.69) is 5.10 Å². The maximum atomic E-state index is 10.7. The van der Waals surface area contributed by atoms with Crippen LogP contribution in [0.3, 0.4) is 0 Å². The van der Waals surface area contributed by atoms with Gasteiger partial charge in [-0.1, -0.05) is 23.2 Å². The van der Waals surface area contributed by atoms with Gasteiger partial charge in [-0.15, -0.1) is 0 Å². The topological polar surface area (TPSA) is 55.1 Å². The minimum absolute atomic E-state index is 0.117. The summed E-state index contributed by atoms with van der Waals surface area (Å²) in [6.07, 6.45) is 2.67. The van der Waals surface area contributed by atoms with Gasteiger partial charge in [0.2, 0.25) is 0 Å². The summed E-state index contributed by atoms with van der Waals surface area (Å²) in [6, 6.07) is 4.94. The summed E-state index contributed by atoms with van der Waals surface area (Å²) in [6.45, 7) is 0. The molecule has 0 spiro atoms. The Morgan fingerprint density at radius 3 is 2.62 bits per heavy atom. The second kappa shape index (κ2) is 4.15. The first-order chi connectivity index (χ1) is 7.58. The van der Waals surface area contributed by atoms with Crippen LogP contribution in [-0.2, 0) is 0 Å². The summed E-state index contributed by atoms with van der Waals surface area (Å²) in [7, 11) is 0. The van der Waals surface area contributed by atoms with Crippen molar-refractivity contribution >= 4 is 29.2 Å². The molecule has 4 nitrogen and oxygen atoms in total. The van der Waals surface area contributed by atoms with E-state index in [0.717, 1.165) is 0 Å². The molecule has 2 aromatic rings. The van der Waals surface area contributed by atoms with Crippen molar-refractivity contribution in [2.24, 2.45) is 0 Å². The summed E-state index contributed by atoms with van der Waals surface area (Å²) in [4.78, 5) is 10.7. The largest absolute Gasteiger partial charge is 0.478 e. The number of aromatic carboxylic acids is 1. The fourth-order valence-electron chi connectivity index (χ4n) is 1.20. The van der Waals surface area contributed by atoms with Gasteiger partial charge in [-0.05, 0) is 18.2 Å². The van der Waals surface area contributed by atoms with Crippen molar-refractivity contribution in [1.29, 1.82) is 0 Å². The standard InChI is InChI=1S/C10H6Cl2N2O2/c11-8-2-1-7(3-9(8)12)14-5-6(4-13-14)10(15)16/h1-5H,(H,15,16). The molecule has 2 rings (SSSR count). The van der Waals surface area contributed by atoms with Gasteiger partial charge < -0.3 is 5.11 Å². The van der Waals surface area contributed by atoms with Crippen LogP contribution in [-0.4, -0.2) is 20.9 Å². The Labute approximate surface area is 101 Å². The maximum Gasteiger partial charge on any atom is 0.338 e. The van der Waals surface area contributed by atoms with E-state index in [1.165, 1.54) is 17.1 Å². The quantitative estimate of drug-likeness (QED) is 0.899. The number of rotatable bonds is 2. The van der Waals surface area contributed by atoms with Crippen LogP contribution in [0.5, 0.6) is 0 Å². The zero-order valence-electron chi connectivity index (χ0n) is 7.89. The second-order valence-corrected chi connectivity index (χ2v) is 3.89. The monoisotopic (exact) mass is 256 g/mol. The van der Waals surface area contributed by atoms with E-state index in [0.29, 0.717) is 15.7 Å². The first kappa shape index (κ1) is 11.0. The molecule has 0 bridgehead atoms. The fourth-order valence-corrected chi connectivity index (χ4v) is 1.49. The van der Waals surface area contributed by atoms with Crippen LogP contribution in [0.25, 0.3) is 5.69 Å². The van der Waals surface area contributed by atoms with Crippen LogP contribution in [0.4, 0.5) is 0 Å². The highest BCUT2D eigenvalue weighted by atomic mass is 35.5. The summed E-state index contributed by atoms with van der Waals surface area (Å²) >= 11 is 11.6. The van der Waals surface area contributed by atoms with Crippen molar-refractivity contribution < 1.29 is 9.90 Å². The van der Waals surface area contributed by atoms with Crippen LogP contribution >= 0.6 is 23.2 Å². The van der Waals surface area contributed by atoms with Gasteiger partial charge in [0.05, 0.1) is 27.5 Å². The third-order valence-corrected chi connectivity index (χ3v) is 2.74. The lowest BCUT2D eigenvalue weighted by atomic mass is 10.3. The van der Waals surface area contributed by atoms with Gasteiger partial charge in [-0.3, -0.25) is 0 Å². The molecule has 1 heterocycles. The van der Waals surface area contributed by atoms with Crippen LogP contribution in [0, 0.1) is 0 Å². The molecule has 0 atom stereocenters. The molecule has 0 saturated heterocycles. The van der Waals surface area contributed by atoms with Gasteiger partial charge in [-0.2, -0.15) is 5.10 Å². The fraction of sp³-hybridized carbons (Fsp3) is 0. The van der Waals surface area contributed by atoms with E-state index in [1.54, 1.807) is 18.2 Å². The Balaban J connectivity index is 2.42. The molecule has 0 radical (unpaired) electrons. The average Bonchev–Trinajstić information content (AvgIpc) is 2.71. The Morgan fingerprint density at radius 2 is 2.06 bits per heavy atom. The summed E-state index contributed by atoms with van der Waals surface area (Å²) in [5.74, 6) is -1.02. The number of carboxylic acid groups (broad SMARTS) is 1. The molecule has 0 aliphatic heterocycles. The predicted molar refractivity (Wildman–Crippen MR) is 60.5 cm³/mol. The minimum atomic E-state index is -1.02. The van der Waals surface area contributed by atoms with Gasteiger partial charge in [0.1, 0.15) is 0 Å². The number of carboxylic acids is 1. The number of benzene rings is 1. The molecular weight excluding hydrogens is 251 g/mol. The smallest absolute Gasteiger partial charge is 0.338 e. The third kappa shape index (κ3) is 2.03. The van der Waals surface area contributed by atoms with E-state index in [-0.39, 0.29) is 5.56 Å². The van der Waals surface area contributed by atoms with Gasteiger partial charge in [0, 0.05) is 6.20 Å². The molecule has 0 aliphatic carbocycles. The van der Waals surface area contributed by atoms with Crippen molar-refractivity contribution in [3.63, 3.8) is 0 Å². The molecule has 0 unspecified atom stereocenters. The number of nitrogens with zero attached hydrogens (tertiary/aromatic N) is 2. The zero-order chi connectivity index (χ0) is 11.7. The average molecular weight is 257 g/mol. The molecule has 0 saturated carbocycles. The van der Waals surface area contributed by atoms with E-state index in [1.807, 2.05) is 0 Å². The van der Waals surface area contributed by atoms with Crippen LogP contribution < -0.4 is 0 Å². The lowest BCUT2D eigenvalue weighted by Crippen LogP contribution is -1.95. The van der Waals surface area contributed by atoms with E-state index >= 15 is 0 Å². The van der Waals surface area contributed by atoms with Crippen LogP contribution in [0.1, 0.15) is 10.4 Å². The molecular formula is C10H6Cl2N2O2. The SMILES string of the molecule is O=C(O)c1cnn(-c2ccc(Cl)c(Cl)c2)c1. The maximum absolute atomic E-state index is 10.7. The molecule has 0 amide bonds. The lowest BCUT2D eigenvalue weighted by Gasteiger charge is -2.02. The molecule has 16 heavy (non-hydrogen) atoms. The third-order valence-electron chi connectivity index (χ3n) is 2.00. The Kier molecular flexibility index (Phi) is 2.85. The Bertz CT molecular complexity index is 552. The van der Waals surface area contributed by atoms with Crippen LogP contribution in [0.2, 0.25) is 10.0 Å². The summed E-state index contributed by atoms with van der Waals surface area (Å²) < 4.78 is 1.42. The second-order valence-electron chi connectivity index (χ2n) is 3.08. The molecule has 6 heteroatoms. The van der Waals surface area contributed by atoms with Gasteiger partial charge >= 0.3 is 5.97 Å². The highest BCUT2D eigenvalue weighted by Gasteiger charge is 2.08. The first-order valence-corrected chi connectivity index (χ1v) is 5.07. The molecule has 1 aromatic heterocycles. The molecule has 0 fully saturated rings. The normalized spacial score (nSPS) is 10.4. The van der Waals surface area contributed by atoms with E-state index in [4.69, 9.17) is 28.3 Å². The van der Waals surface area contributed by atoms with Gasteiger partial charge in [0.15, 0.2) is 0 Å². The molecule has 1 aromatic carbocycles. The Hall–Kier alpha value is -1.52. The number of aromatic nitrogens is 2. The van der Waals surface area contributed by atoms with Crippen molar-refractivity contribution in [2.45, 2.75) is 0 Å². The first-order valence-electron chi connectivity index (χ1n) is 4.31. The number of carbonyl (C=O) groups is 1. The summed E-state index contributed by atoms with van der Waals surface area (Å²) in [5, 5.41) is 13.5. The van der Waals surface area contributed by atoms with Gasteiger partial charge in [-0.25, -0.2) is 9.48 Å². The lowest BCUT2D eigenvalue weighted by molar-refractivity contribution is 0.0697. The summed E-state index contributed by atoms with van der Waals surface area (Å²) in [5.41, 5.74) is 0.771. The molecule has 0 aliphatic rings. The van der Waals surface area contributed by atoms with Crippen molar-refractivity contribution in [2.75, 3.05) is 0 Å². The number of hydrogen-bond acceptors (Lipinski definition) is 2. The van der Waals surface area contributed by atoms with Crippen molar-refractivity contribution in [3.8, 4) is 5.69 Å². The van der Waals surface area contributed by atoms with E-state index in [9.17, 15) is 4.79 Å². The zero-order valence-corrected chi connectivity index (χ0v) is 9.40.